The third-order valence-corrected chi connectivity index (χ3v) is 5.34. The maximum atomic E-state index is 13.6. The van der Waals surface area contributed by atoms with Gasteiger partial charge in [0.1, 0.15) is 5.82 Å². The molecule has 2 fully saturated rings. The highest BCUT2D eigenvalue weighted by molar-refractivity contribution is 6.31. The molecular formula is C17H24ClFN2. The van der Waals surface area contributed by atoms with Gasteiger partial charge in [0.15, 0.2) is 0 Å². The van der Waals surface area contributed by atoms with Crippen LogP contribution in [0.25, 0.3) is 0 Å². The highest BCUT2D eigenvalue weighted by Crippen LogP contribution is 2.31. The predicted molar refractivity (Wildman–Crippen MR) is 85.1 cm³/mol. The van der Waals surface area contributed by atoms with Crippen LogP contribution in [0, 0.1) is 5.82 Å². The summed E-state index contributed by atoms with van der Waals surface area (Å²) in [6.07, 6.45) is 7.68. The Bertz CT molecular complexity index is 486. The van der Waals surface area contributed by atoms with Gasteiger partial charge >= 0.3 is 0 Å². The Morgan fingerprint density at radius 1 is 1.19 bits per heavy atom. The van der Waals surface area contributed by atoms with Crippen molar-refractivity contribution in [1.82, 2.24) is 10.2 Å². The second-order valence-electron chi connectivity index (χ2n) is 6.54. The first-order chi connectivity index (χ1) is 10.2. The van der Waals surface area contributed by atoms with E-state index in [1.807, 2.05) is 6.07 Å². The third kappa shape index (κ3) is 3.58. The lowest BCUT2D eigenvalue weighted by Gasteiger charge is -2.40. The normalized spacial score (nSPS) is 23.1. The lowest BCUT2D eigenvalue weighted by atomic mass is 9.81. The van der Waals surface area contributed by atoms with Gasteiger partial charge in [0.05, 0.1) is 5.02 Å². The minimum Gasteiger partial charge on any atom is -0.310 e. The first kappa shape index (κ1) is 15.3. The van der Waals surface area contributed by atoms with Crippen LogP contribution in [-0.2, 0) is 6.54 Å². The van der Waals surface area contributed by atoms with E-state index in [0.29, 0.717) is 0 Å². The fourth-order valence-corrected chi connectivity index (χ4v) is 4.01. The molecule has 0 amide bonds. The molecule has 3 rings (SSSR count). The van der Waals surface area contributed by atoms with Gasteiger partial charge in [-0.2, -0.15) is 0 Å². The molecule has 1 saturated heterocycles. The molecule has 0 bridgehead atoms. The average molecular weight is 311 g/mol. The van der Waals surface area contributed by atoms with Gasteiger partial charge in [0.25, 0.3) is 0 Å². The highest BCUT2D eigenvalue weighted by Gasteiger charge is 2.34. The first-order valence-corrected chi connectivity index (χ1v) is 8.47. The number of nitrogens with one attached hydrogen (secondary N) is 1. The van der Waals surface area contributed by atoms with Crippen molar-refractivity contribution in [3.8, 4) is 0 Å². The number of halogens is 2. The van der Waals surface area contributed by atoms with E-state index < -0.39 is 0 Å². The summed E-state index contributed by atoms with van der Waals surface area (Å²) in [6.45, 7) is 3.95. The van der Waals surface area contributed by atoms with Crippen LogP contribution < -0.4 is 5.32 Å². The second kappa shape index (κ2) is 6.64. The lowest BCUT2D eigenvalue weighted by molar-refractivity contribution is 0.159. The lowest BCUT2D eigenvalue weighted by Crippen LogP contribution is -2.52. The summed E-state index contributed by atoms with van der Waals surface area (Å²) in [5.74, 6) is -0.311. The molecule has 0 radical (unpaired) electrons. The maximum absolute atomic E-state index is 13.6. The Kier molecular flexibility index (Phi) is 4.82. The van der Waals surface area contributed by atoms with Crippen molar-refractivity contribution in [3.63, 3.8) is 0 Å². The van der Waals surface area contributed by atoms with E-state index in [4.69, 9.17) is 11.6 Å². The minimum atomic E-state index is -0.311. The van der Waals surface area contributed by atoms with Gasteiger partial charge in [-0.1, -0.05) is 43.0 Å². The van der Waals surface area contributed by atoms with E-state index in [-0.39, 0.29) is 16.4 Å². The minimum absolute atomic E-state index is 0.272. The van der Waals surface area contributed by atoms with Gasteiger partial charge in [-0.15, -0.1) is 0 Å². The molecule has 4 heteroatoms. The zero-order valence-corrected chi connectivity index (χ0v) is 13.3. The molecular weight excluding hydrogens is 287 g/mol. The first-order valence-electron chi connectivity index (χ1n) is 8.09. The molecule has 1 N–H and O–H groups in total. The summed E-state index contributed by atoms with van der Waals surface area (Å²) in [5.41, 5.74) is 1.18. The van der Waals surface area contributed by atoms with E-state index in [9.17, 15) is 4.39 Å². The number of benzene rings is 1. The zero-order chi connectivity index (χ0) is 14.7. The maximum Gasteiger partial charge on any atom is 0.142 e. The van der Waals surface area contributed by atoms with Crippen molar-refractivity contribution < 1.29 is 4.39 Å². The summed E-state index contributed by atoms with van der Waals surface area (Å²) in [6, 6.07) is 5.12. The number of hydrogen-bond acceptors (Lipinski definition) is 2. The van der Waals surface area contributed by atoms with Crippen LogP contribution >= 0.6 is 11.6 Å². The molecule has 1 heterocycles. The van der Waals surface area contributed by atoms with Crippen LogP contribution in [0.2, 0.25) is 5.02 Å². The molecule has 0 atom stereocenters. The molecule has 1 aliphatic heterocycles. The summed E-state index contributed by atoms with van der Waals surface area (Å²) < 4.78 is 13.6. The van der Waals surface area contributed by atoms with E-state index >= 15 is 0 Å². The molecule has 2 nitrogen and oxygen atoms in total. The highest BCUT2D eigenvalue weighted by atomic mass is 35.5. The van der Waals surface area contributed by atoms with Gasteiger partial charge in [-0.25, -0.2) is 4.39 Å². The van der Waals surface area contributed by atoms with Crippen LogP contribution in [0.3, 0.4) is 0 Å². The Labute approximate surface area is 131 Å². The molecule has 2 aliphatic rings. The van der Waals surface area contributed by atoms with Gasteiger partial charge in [0.2, 0.25) is 0 Å². The quantitative estimate of drug-likeness (QED) is 0.889. The molecule has 1 spiro atoms. The fraction of sp³-hybridized carbons (Fsp3) is 0.647. The third-order valence-electron chi connectivity index (χ3n) is 4.91. The Morgan fingerprint density at radius 3 is 2.81 bits per heavy atom. The van der Waals surface area contributed by atoms with Gasteiger partial charge < -0.3 is 5.32 Å². The van der Waals surface area contributed by atoms with Crippen molar-refractivity contribution in [1.29, 1.82) is 0 Å². The molecule has 1 aromatic carbocycles. The van der Waals surface area contributed by atoms with Crippen molar-refractivity contribution in [2.24, 2.45) is 0 Å². The molecule has 0 unspecified atom stereocenters. The predicted octanol–water partition coefficient (Wildman–Crippen LogP) is 3.98. The van der Waals surface area contributed by atoms with Crippen molar-refractivity contribution in [3.05, 3.63) is 34.6 Å². The van der Waals surface area contributed by atoms with Gasteiger partial charge in [0, 0.05) is 18.6 Å². The summed E-state index contributed by atoms with van der Waals surface area (Å²) in [4.78, 5) is 2.45. The monoisotopic (exact) mass is 310 g/mol. The van der Waals surface area contributed by atoms with Crippen LogP contribution in [0.1, 0.15) is 44.1 Å². The molecule has 116 valence electrons. The molecule has 1 saturated carbocycles. The van der Waals surface area contributed by atoms with Crippen LogP contribution in [0.15, 0.2) is 18.2 Å². The summed E-state index contributed by atoms with van der Waals surface area (Å²) >= 11 is 6.11. The number of nitrogens with zero attached hydrogens (tertiary/aromatic N) is 1. The Hall–Kier alpha value is -0.640. The van der Waals surface area contributed by atoms with Crippen LogP contribution in [-0.4, -0.2) is 30.1 Å². The summed E-state index contributed by atoms with van der Waals surface area (Å²) in [5, 5.41) is 4.07. The molecule has 1 aromatic rings. The van der Waals surface area contributed by atoms with Crippen molar-refractivity contribution >= 4 is 11.6 Å². The molecule has 1 aliphatic carbocycles. The van der Waals surface area contributed by atoms with Gasteiger partial charge in [-0.3, -0.25) is 4.90 Å². The number of hydrogen-bond donors (Lipinski definition) is 1. The second-order valence-corrected chi connectivity index (χ2v) is 6.92. The van der Waals surface area contributed by atoms with Crippen LogP contribution in [0.5, 0.6) is 0 Å². The average Bonchev–Trinajstić information content (AvgIpc) is 2.67. The Balaban J connectivity index is 1.73. The van der Waals surface area contributed by atoms with Gasteiger partial charge in [-0.05, 0) is 44.0 Å². The standard InChI is InChI=1S/C17H24ClFN2/c18-16-14(6-4-7-15(16)19)12-21-11-5-10-20-17(13-21)8-2-1-3-9-17/h4,6-7,20H,1-3,5,8-13H2. The molecule has 21 heavy (non-hydrogen) atoms. The van der Waals surface area contributed by atoms with Crippen molar-refractivity contribution in [2.45, 2.75) is 50.6 Å². The van der Waals surface area contributed by atoms with E-state index in [1.54, 1.807) is 6.07 Å². The fourth-order valence-electron chi connectivity index (χ4n) is 3.83. The van der Waals surface area contributed by atoms with E-state index in [2.05, 4.69) is 10.2 Å². The van der Waals surface area contributed by atoms with E-state index in [0.717, 1.165) is 38.2 Å². The topological polar surface area (TPSA) is 15.3 Å². The number of rotatable bonds is 2. The van der Waals surface area contributed by atoms with E-state index in [1.165, 1.54) is 38.2 Å². The zero-order valence-electron chi connectivity index (χ0n) is 12.5. The SMILES string of the molecule is Fc1cccc(CN2CCCNC3(CCCCC3)C2)c1Cl. The van der Waals surface area contributed by atoms with Crippen molar-refractivity contribution in [2.75, 3.05) is 19.6 Å². The smallest absolute Gasteiger partial charge is 0.142 e. The largest absolute Gasteiger partial charge is 0.310 e. The van der Waals surface area contributed by atoms with Crippen LogP contribution in [0.4, 0.5) is 4.39 Å². The summed E-state index contributed by atoms with van der Waals surface area (Å²) in [7, 11) is 0. The molecule has 0 aromatic heterocycles. The Morgan fingerprint density at radius 2 is 2.00 bits per heavy atom.